The van der Waals surface area contributed by atoms with Crippen LogP contribution >= 0.6 is 0 Å². The molecule has 18 heavy (non-hydrogen) atoms. The zero-order valence-electron chi connectivity index (χ0n) is 11.6. The van der Waals surface area contributed by atoms with Crippen molar-refractivity contribution in [2.45, 2.75) is 39.7 Å². The van der Waals surface area contributed by atoms with Crippen LogP contribution in [0, 0.1) is 13.8 Å². The van der Waals surface area contributed by atoms with Gasteiger partial charge in [0, 0.05) is 12.8 Å². The lowest BCUT2D eigenvalue weighted by Crippen LogP contribution is -2.29. The topological polar surface area (TPSA) is 58.6 Å². The third kappa shape index (κ3) is 3.74. The molecular weight excluding hydrogens is 230 g/mol. The van der Waals surface area contributed by atoms with E-state index in [1.807, 2.05) is 20.8 Å². The number of aryl methyl sites for hydroxylation is 2. The van der Waals surface area contributed by atoms with Crippen LogP contribution in [-0.4, -0.2) is 23.7 Å². The molecular formula is C14H21NO3. The maximum Gasteiger partial charge on any atom is 0.227 e. The molecule has 0 heterocycles. The van der Waals surface area contributed by atoms with Crippen LogP contribution in [-0.2, 0) is 9.53 Å². The molecule has 1 aromatic rings. The molecule has 1 rings (SSSR count). The summed E-state index contributed by atoms with van der Waals surface area (Å²) in [5.41, 5.74) is 1.81. The third-order valence-electron chi connectivity index (χ3n) is 2.96. The van der Waals surface area contributed by atoms with Crippen LogP contribution in [0.3, 0.4) is 0 Å². The second-order valence-corrected chi connectivity index (χ2v) is 5.14. The number of carbonyl (C=O) groups excluding carboxylic acids is 1. The number of hydrogen-bond donors (Lipinski definition) is 2. The molecule has 4 nitrogen and oxygen atoms in total. The molecule has 0 bridgehead atoms. The van der Waals surface area contributed by atoms with Crippen molar-refractivity contribution in [1.82, 2.24) is 0 Å². The van der Waals surface area contributed by atoms with Crippen molar-refractivity contribution in [2.75, 3.05) is 12.4 Å². The summed E-state index contributed by atoms with van der Waals surface area (Å²) in [6, 6.07) is 3.41. The first-order chi connectivity index (χ1) is 8.25. The van der Waals surface area contributed by atoms with Crippen molar-refractivity contribution in [3.8, 4) is 5.75 Å². The lowest BCUT2D eigenvalue weighted by molar-refractivity contribution is -0.121. The van der Waals surface area contributed by atoms with Gasteiger partial charge in [0.05, 0.1) is 12.0 Å². The Labute approximate surface area is 108 Å². The maximum absolute atomic E-state index is 11.9. The predicted molar refractivity (Wildman–Crippen MR) is 71.9 cm³/mol. The summed E-state index contributed by atoms with van der Waals surface area (Å²) < 4.78 is 5.22. The average Bonchev–Trinajstić information content (AvgIpc) is 2.25. The van der Waals surface area contributed by atoms with Crippen molar-refractivity contribution < 1.29 is 14.6 Å². The van der Waals surface area contributed by atoms with E-state index in [-0.39, 0.29) is 18.1 Å². The first-order valence-corrected chi connectivity index (χ1v) is 5.90. The van der Waals surface area contributed by atoms with Gasteiger partial charge in [-0.05, 0) is 51.0 Å². The standard InChI is InChI=1S/C14H21NO3/c1-9-7-12(16)10(2)6-11(9)15-13(17)8-14(3,4)18-5/h6-7,16H,8H2,1-5H3,(H,15,17). The Balaban J connectivity index is 2.80. The number of nitrogens with one attached hydrogen (secondary N) is 1. The minimum atomic E-state index is -0.482. The molecule has 0 spiro atoms. The smallest absolute Gasteiger partial charge is 0.227 e. The third-order valence-corrected chi connectivity index (χ3v) is 2.96. The lowest BCUT2D eigenvalue weighted by Gasteiger charge is -2.22. The van der Waals surface area contributed by atoms with E-state index in [4.69, 9.17) is 4.74 Å². The van der Waals surface area contributed by atoms with Crippen molar-refractivity contribution in [3.63, 3.8) is 0 Å². The monoisotopic (exact) mass is 251 g/mol. The number of aromatic hydroxyl groups is 1. The van der Waals surface area contributed by atoms with Crippen LogP contribution in [0.4, 0.5) is 5.69 Å². The molecule has 0 aromatic heterocycles. The number of amides is 1. The summed E-state index contributed by atoms with van der Waals surface area (Å²) in [7, 11) is 1.59. The van der Waals surface area contributed by atoms with E-state index in [0.717, 1.165) is 16.8 Å². The number of phenolic OH excluding ortho intramolecular Hbond substituents is 1. The van der Waals surface area contributed by atoms with Crippen LogP contribution in [0.5, 0.6) is 5.75 Å². The molecule has 0 fully saturated rings. The van der Waals surface area contributed by atoms with Gasteiger partial charge in [-0.2, -0.15) is 0 Å². The van der Waals surface area contributed by atoms with Crippen LogP contribution < -0.4 is 5.32 Å². The van der Waals surface area contributed by atoms with Crippen molar-refractivity contribution in [1.29, 1.82) is 0 Å². The Kier molecular flexibility index (Phi) is 4.35. The summed E-state index contributed by atoms with van der Waals surface area (Å²) in [5, 5.41) is 12.4. The number of phenols is 1. The molecule has 2 N–H and O–H groups in total. The number of anilines is 1. The Morgan fingerprint density at radius 1 is 1.33 bits per heavy atom. The van der Waals surface area contributed by atoms with Crippen LogP contribution in [0.25, 0.3) is 0 Å². The van der Waals surface area contributed by atoms with E-state index in [1.165, 1.54) is 0 Å². The summed E-state index contributed by atoms with van der Waals surface area (Å²) in [5.74, 6) is 0.137. The molecule has 1 aromatic carbocycles. The van der Waals surface area contributed by atoms with E-state index >= 15 is 0 Å². The highest BCUT2D eigenvalue weighted by atomic mass is 16.5. The number of carbonyl (C=O) groups is 1. The Morgan fingerprint density at radius 3 is 2.50 bits per heavy atom. The van der Waals surface area contributed by atoms with Gasteiger partial charge in [0.1, 0.15) is 5.75 Å². The van der Waals surface area contributed by atoms with Gasteiger partial charge in [-0.1, -0.05) is 0 Å². The van der Waals surface area contributed by atoms with E-state index < -0.39 is 5.60 Å². The normalized spacial score (nSPS) is 11.4. The van der Waals surface area contributed by atoms with Crippen molar-refractivity contribution >= 4 is 11.6 Å². The fourth-order valence-corrected chi connectivity index (χ4v) is 1.59. The molecule has 0 radical (unpaired) electrons. The molecule has 0 aliphatic rings. The molecule has 0 saturated heterocycles. The Bertz CT molecular complexity index is 453. The minimum Gasteiger partial charge on any atom is -0.508 e. The van der Waals surface area contributed by atoms with Crippen LogP contribution in [0.1, 0.15) is 31.4 Å². The van der Waals surface area contributed by atoms with Gasteiger partial charge in [0.15, 0.2) is 0 Å². The minimum absolute atomic E-state index is 0.102. The molecule has 4 heteroatoms. The van der Waals surface area contributed by atoms with Crippen molar-refractivity contribution in [3.05, 3.63) is 23.3 Å². The number of ether oxygens (including phenoxy) is 1. The molecule has 0 unspecified atom stereocenters. The maximum atomic E-state index is 11.9. The molecule has 0 atom stereocenters. The predicted octanol–water partition coefficient (Wildman–Crippen LogP) is 2.76. The van der Waals surface area contributed by atoms with Gasteiger partial charge < -0.3 is 15.2 Å². The average molecular weight is 251 g/mol. The van der Waals surface area contributed by atoms with Gasteiger partial charge in [-0.15, -0.1) is 0 Å². The number of methoxy groups -OCH3 is 1. The van der Waals surface area contributed by atoms with E-state index in [1.54, 1.807) is 26.2 Å². The van der Waals surface area contributed by atoms with Crippen molar-refractivity contribution in [2.24, 2.45) is 0 Å². The summed E-state index contributed by atoms with van der Waals surface area (Å²) in [4.78, 5) is 11.9. The summed E-state index contributed by atoms with van der Waals surface area (Å²) >= 11 is 0. The highest BCUT2D eigenvalue weighted by Gasteiger charge is 2.21. The van der Waals surface area contributed by atoms with Gasteiger partial charge in [0.2, 0.25) is 5.91 Å². The summed E-state index contributed by atoms with van der Waals surface area (Å²) in [6.07, 6.45) is 0.281. The first-order valence-electron chi connectivity index (χ1n) is 5.90. The van der Waals surface area contributed by atoms with E-state index in [2.05, 4.69) is 5.32 Å². The molecule has 100 valence electrons. The van der Waals surface area contributed by atoms with Crippen LogP contribution in [0.2, 0.25) is 0 Å². The molecule has 0 saturated carbocycles. The second-order valence-electron chi connectivity index (χ2n) is 5.14. The highest BCUT2D eigenvalue weighted by molar-refractivity contribution is 5.92. The fraction of sp³-hybridized carbons (Fsp3) is 0.500. The Morgan fingerprint density at radius 2 is 1.94 bits per heavy atom. The molecule has 1 amide bonds. The van der Waals surface area contributed by atoms with Gasteiger partial charge in [-0.25, -0.2) is 0 Å². The number of benzene rings is 1. The van der Waals surface area contributed by atoms with Crippen LogP contribution in [0.15, 0.2) is 12.1 Å². The lowest BCUT2D eigenvalue weighted by atomic mass is 10.0. The number of rotatable bonds is 4. The molecule has 0 aliphatic carbocycles. The zero-order valence-corrected chi connectivity index (χ0v) is 11.6. The Hall–Kier alpha value is -1.55. The first kappa shape index (κ1) is 14.5. The summed E-state index contributed by atoms with van der Waals surface area (Å²) in [6.45, 7) is 7.36. The largest absolute Gasteiger partial charge is 0.508 e. The van der Waals surface area contributed by atoms with Gasteiger partial charge in [0.25, 0.3) is 0 Å². The van der Waals surface area contributed by atoms with E-state index in [9.17, 15) is 9.90 Å². The quantitative estimate of drug-likeness (QED) is 0.809. The fourth-order valence-electron chi connectivity index (χ4n) is 1.59. The number of hydrogen-bond acceptors (Lipinski definition) is 3. The molecule has 0 aliphatic heterocycles. The highest BCUT2D eigenvalue weighted by Crippen LogP contribution is 2.25. The van der Waals surface area contributed by atoms with Gasteiger partial charge >= 0.3 is 0 Å². The SMILES string of the molecule is COC(C)(C)CC(=O)Nc1cc(C)c(O)cc1C. The zero-order chi connectivity index (χ0) is 13.9. The second kappa shape index (κ2) is 5.40. The van der Waals surface area contributed by atoms with Gasteiger partial charge in [-0.3, -0.25) is 4.79 Å². The van der Waals surface area contributed by atoms with E-state index in [0.29, 0.717) is 0 Å².